The van der Waals surface area contributed by atoms with Crippen molar-refractivity contribution in [1.82, 2.24) is 14.9 Å². The molecule has 0 aliphatic rings. The van der Waals surface area contributed by atoms with Crippen molar-refractivity contribution in [1.29, 1.82) is 0 Å². The van der Waals surface area contributed by atoms with Gasteiger partial charge in [0, 0.05) is 10.9 Å². The third kappa shape index (κ3) is 2.16. The van der Waals surface area contributed by atoms with Gasteiger partial charge in [0.15, 0.2) is 0 Å². The number of fused-ring (bicyclic) bond motifs is 1. The molecule has 7 nitrogen and oxygen atoms in total. The minimum Gasteiger partial charge on any atom is -0.543 e. The highest BCUT2D eigenvalue weighted by molar-refractivity contribution is 6.00. The Morgan fingerprint density at radius 2 is 1.95 bits per heavy atom. The van der Waals surface area contributed by atoms with Crippen LogP contribution in [0.2, 0.25) is 0 Å². The molecule has 0 fully saturated rings. The molecule has 0 amide bonds. The number of aryl methyl sites for hydroxylation is 2. The summed E-state index contributed by atoms with van der Waals surface area (Å²) in [6.45, 7) is 3.56. The summed E-state index contributed by atoms with van der Waals surface area (Å²) in [5, 5.41) is 19.6. The maximum atomic E-state index is 12.5. The number of hydrogen-bond acceptors (Lipinski definition) is 6. The summed E-state index contributed by atoms with van der Waals surface area (Å²) in [5.74, 6) is -0.863. The predicted molar refractivity (Wildman–Crippen MR) is 75.4 cm³/mol. The molecule has 0 bridgehead atoms. The maximum absolute atomic E-state index is 12.5. The lowest BCUT2D eigenvalue weighted by Crippen LogP contribution is -2.31. The third-order valence-corrected chi connectivity index (χ3v) is 3.55. The molecule has 3 aromatic rings. The smallest absolute Gasteiger partial charge is 0.274 e. The molecule has 7 heteroatoms. The van der Waals surface area contributed by atoms with Crippen LogP contribution in [-0.2, 0) is 6.54 Å². The first-order valence-electron chi connectivity index (χ1n) is 6.62. The number of nitrogens with zero attached hydrogens (tertiary/aromatic N) is 3. The van der Waals surface area contributed by atoms with E-state index in [2.05, 4.69) is 10.3 Å². The van der Waals surface area contributed by atoms with Crippen molar-refractivity contribution < 1.29 is 14.4 Å². The lowest BCUT2D eigenvalue weighted by Gasteiger charge is -2.11. The van der Waals surface area contributed by atoms with Gasteiger partial charge in [-0.1, -0.05) is 23.4 Å². The predicted octanol–water partition coefficient (Wildman–Crippen LogP) is 0.413. The van der Waals surface area contributed by atoms with Gasteiger partial charge in [-0.2, -0.15) is 5.10 Å². The van der Waals surface area contributed by atoms with E-state index in [0.29, 0.717) is 17.0 Å². The second-order valence-electron chi connectivity index (χ2n) is 4.95. The summed E-state index contributed by atoms with van der Waals surface area (Å²) in [7, 11) is 0. The number of rotatable bonds is 3. The summed E-state index contributed by atoms with van der Waals surface area (Å²) in [6, 6.07) is 6.42. The summed E-state index contributed by atoms with van der Waals surface area (Å²) < 4.78 is 6.15. The fraction of sp³-hybridized carbons (Fsp3) is 0.200. The van der Waals surface area contributed by atoms with Crippen LogP contribution in [0.15, 0.2) is 33.6 Å². The summed E-state index contributed by atoms with van der Waals surface area (Å²) >= 11 is 0. The van der Waals surface area contributed by atoms with Crippen molar-refractivity contribution in [3.8, 4) is 0 Å². The van der Waals surface area contributed by atoms with Gasteiger partial charge in [-0.3, -0.25) is 4.79 Å². The molecular weight excluding hydrogens is 286 g/mol. The van der Waals surface area contributed by atoms with Crippen molar-refractivity contribution in [3.63, 3.8) is 0 Å². The number of carbonyl (C=O) groups is 1. The van der Waals surface area contributed by atoms with Crippen LogP contribution < -0.4 is 10.7 Å². The standard InChI is InChI=1S/C15H13N3O4/c1-8-12(9(2)22-17-8)7-18-14(19)11-6-4-3-5-10(11)13(16-18)15(20)21/h3-6H,7H2,1-2H3,(H,20,21)/p-1. The number of aromatic carboxylic acids is 1. The molecule has 0 aliphatic carbocycles. The average molecular weight is 298 g/mol. The van der Waals surface area contributed by atoms with Gasteiger partial charge in [0.25, 0.3) is 5.56 Å². The van der Waals surface area contributed by atoms with E-state index in [9.17, 15) is 14.7 Å². The Balaban J connectivity index is 2.24. The highest BCUT2D eigenvalue weighted by Crippen LogP contribution is 2.15. The Kier molecular flexibility index (Phi) is 3.25. The van der Waals surface area contributed by atoms with Crippen LogP contribution in [0, 0.1) is 13.8 Å². The Hall–Kier alpha value is -2.96. The Morgan fingerprint density at radius 3 is 2.55 bits per heavy atom. The van der Waals surface area contributed by atoms with Crippen LogP contribution in [0.25, 0.3) is 10.8 Å². The summed E-state index contributed by atoms with van der Waals surface area (Å²) in [5.41, 5.74) is 0.700. The molecule has 0 atom stereocenters. The van der Waals surface area contributed by atoms with Crippen molar-refractivity contribution in [3.05, 3.63) is 57.3 Å². The van der Waals surface area contributed by atoms with Gasteiger partial charge in [-0.25, -0.2) is 4.68 Å². The quantitative estimate of drug-likeness (QED) is 0.694. The molecule has 2 aromatic heterocycles. The molecule has 0 N–H and O–H groups in total. The van der Waals surface area contributed by atoms with E-state index in [-0.39, 0.29) is 28.6 Å². The van der Waals surface area contributed by atoms with Crippen molar-refractivity contribution in [2.24, 2.45) is 0 Å². The average Bonchev–Trinajstić information content (AvgIpc) is 2.81. The maximum Gasteiger partial charge on any atom is 0.274 e. The van der Waals surface area contributed by atoms with Gasteiger partial charge in [0.05, 0.1) is 23.6 Å². The molecule has 0 aliphatic heterocycles. The van der Waals surface area contributed by atoms with Gasteiger partial charge in [-0.15, -0.1) is 0 Å². The Labute approximate surface area is 124 Å². The van der Waals surface area contributed by atoms with Gasteiger partial charge >= 0.3 is 0 Å². The first-order valence-corrected chi connectivity index (χ1v) is 6.62. The minimum atomic E-state index is -1.43. The topological polar surface area (TPSA) is 101 Å². The first-order chi connectivity index (χ1) is 10.5. The number of carbonyl (C=O) groups excluding carboxylic acids is 1. The molecule has 112 valence electrons. The molecule has 22 heavy (non-hydrogen) atoms. The first kappa shape index (κ1) is 14.0. The van der Waals surface area contributed by atoms with Crippen LogP contribution in [-0.4, -0.2) is 20.9 Å². The lowest BCUT2D eigenvalue weighted by molar-refractivity contribution is -0.255. The fourth-order valence-corrected chi connectivity index (χ4v) is 2.37. The minimum absolute atomic E-state index is 0.0884. The van der Waals surface area contributed by atoms with E-state index < -0.39 is 5.97 Å². The SMILES string of the molecule is Cc1noc(C)c1Cn1nc(C(=O)[O-])c2ccccc2c1=O. The molecule has 2 heterocycles. The van der Waals surface area contributed by atoms with E-state index >= 15 is 0 Å². The third-order valence-electron chi connectivity index (χ3n) is 3.55. The molecular formula is C15H12N3O4-. The van der Waals surface area contributed by atoms with E-state index in [1.54, 1.807) is 32.0 Å². The van der Waals surface area contributed by atoms with Gasteiger partial charge in [0.1, 0.15) is 11.5 Å². The number of aromatic nitrogens is 3. The summed E-state index contributed by atoms with van der Waals surface area (Å²) in [6.07, 6.45) is 0. The monoisotopic (exact) mass is 298 g/mol. The van der Waals surface area contributed by atoms with Crippen molar-refractivity contribution >= 4 is 16.7 Å². The number of hydrogen-bond donors (Lipinski definition) is 0. The second kappa shape index (κ2) is 5.10. The highest BCUT2D eigenvalue weighted by Gasteiger charge is 2.15. The molecule has 0 radical (unpaired) electrons. The largest absolute Gasteiger partial charge is 0.543 e. The van der Waals surface area contributed by atoms with Gasteiger partial charge in [0.2, 0.25) is 0 Å². The van der Waals surface area contributed by atoms with Crippen LogP contribution in [0.1, 0.15) is 27.5 Å². The van der Waals surface area contributed by atoms with E-state index in [0.717, 1.165) is 4.68 Å². The van der Waals surface area contributed by atoms with Gasteiger partial charge < -0.3 is 14.4 Å². The molecule has 1 aromatic carbocycles. The Bertz CT molecular complexity index is 920. The summed E-state index contributed by atoms with van der Waals surface area (Å²) in [4.78, 5) is 23.8. The van der Waals surface area contributed by atoms with E-state index in [1.165, 1.54) is 6.07 Å². The van der Waals surface area contributed by atoms with Crippen LogP contribution in [0.5, 0.6) is 0 Å². The van der Waals surface area contributed by atoms with E-state index in [1.807, 2.05) is 0 Å². The zero-order valence-electron chi connectivity index (χ0n) is 12.0. The van der Waals surface area contributed by atoms with Gasteiger partial charge in [-0.05, 0) is 19.9 Å². The molecule has 3 rings (SSSR count). The zero-order valence-corrected chi connectivity index (χ0v) is 12.0. The number of benzene rings is 1. The molecule has 0 spiro atoms. The zero-order chi connectivity index (χ0) is 15.9. The molecule has 0 saturated heterocycles. The van der Waals surface area contributed by atoms with Crippen LogP contribution in [0.4, 0.5) is 0 Å². The molecule has 0 unspecified atom stereocenters. The fourth-order valence-electron chi connectivity index (χ4n) is 2.37. The lowest BCUT2D eigenvalue weighted by atomic mass is 10.1. The van der Waals surface area contributed by atoms with E-state index in [4.69, 9.17) is 4.52 Å². The second-order valence-corrected chi connectivity index (χ2v) is 4.95. The van der Waals surface area contributed by atoms with Crippen molar-refractivity contribution in [2.45, 2.75) is 20.4 Å². The normalized spacial score (nSPS) is 11.0. The van der Waals surface area contributed by atoms with Crippen molar-refractivity contribution in [2.75, 3.05) is 0 Å². The number of carboxylic acids is 1. The molecule has 0 saturated carbocycles. The van der Waals surface area contributed by atoms with Crippen LogP contribution >= 0.6 is 0 Å². The highest BCUT2D eigenvalue weighted by atomic mass is 16.5. The Morgan fingerprint density at radius 1 is 1.27 bits per heavy atom. The van der Waals surface area contributed by atoms with Crippen LogP contribution in [0.3, 0.4) is 0 Å². The number of carboxylic acid groups (broad SMARTS) is 1.